The third-order valence-electron chi connectivity index (χ3n) is 7.71. The molecule has 31 heavy (non-hydrogen) atoms. The minimum Gasteiger partial charge on any atom is -0.454 e. The average Bonchev–Trinajstić information content (AvgIpc) is 3.28. The second kappa shape index (κ2) is 9.78. The monoisotopic (exact) mass is 427 g/mol. The van der Waals surface area contributed by atoms with Gasteiger partial charge >= 0.3 is 0 Å². The van der Waals surface area contributed by atoms with Gasteiger partial charge in [0.2, 0.25) is 12.7 Å². The molecule has 0 N–H and O–H groups in total. The molecule has 0 unspecified atom stereocenters. The zero-order valence-electron chi connectivity index (χ0n) is 18.8. The molecule has 1 saturated carbocycles. The van der Waals surface area contributed by atoms with Crippen LogP contribution < -0.4 is 9.47 Å². The van der Waals surface area contributed by atoms with Crippen molar-refractivity contribution in [1.82, 2.24) is 14.7 Å². The van der Waals surface area contributed by atoms with Crippen molar-refractivity contribution in [3.63, 3.8) is 0 Å². The summed E-state index contributed by atoms with van der Waals surface area (Å²) in [5, 5.41) is 0. The second-order valence-corrected chi connectivity index (χ2v) is 9.87. The third kappa shape index (κ3) is 5.17. The minimum atomic E-state index is 0.239. The zero-order valence-corrected chi connectivity index (χ0v) is 18.8. The van der Waals surface area contributed by atoms with Gasteiger partial charge in [-0.25, -0.2) is 0 Å². The maximum Gasteiger partial charge on any atom is 0.231 e. The van der Waals surface area contributed by atoms with E-state index in [4.69, 9.17) is 9.47 Å². The molecule has 0 bridgehead atoms. The van der Waals surface area contributed by atoms with Gasteiger partial charge in [0.25, 0.3) is 0 Å². The average molecular weight is 428 g/mol. The number of piperidine rings is 1. The first-order valence-electron chi connectivity index (χ1n) is 12.4. The number of hydrogen-bond donors (Lipinski definition) is 0. The van der Waals surface area contributed by atoms with Crippen LogP contribution in [0.4, 0.5) is 0 Å². The van der Waals surface area contributed by atoms with Gasteiger partial charge in [-0.3, -0.25) is 9.69 Å². The molecule has 1 aromatic carbocycles. The van der Waals surface area contributed by atoms with Crippen LogP contribution in [0.25, 0.3) is 0 Å². The van der Waals surface area contributed by atoms with Crippen molar-refractivity contribution in [2.24, 2.45) is 11.8 Å². The van der Waals surface area contributed by atoms with E-state index in [1.165, 1.54) is 44.2 Å². The first-order valence-corrected chi connectivity index (χ1v) is 12.4. The highest BCUT2D eigenvalue weighted by Gasteiger charge is 2.31. The van der Waals surface area contributed by atoms with E-state index in [0.717, 1.165) is 76.1 Å². The summed E-state index contributed by atoms with van der Waals surface area (Å²) in [6.45, 7) is 8.30. The standard InChI is InChI=1S/C25H37N3O3/c29-25(22-8-10-26(11-9-22)17-20-4-2-1-3-5-20)28-14-12-27(13-15-28)18-21-6-7-23-24(16-21)31-19-30-23/h6-7,16,20,22H,1-5,8-15,17-19H2. The number of benzene rings is 1. The molecule has 4 aliphatic rings. The predicted molar refractivity (Wildman–Crippen MR) is 120 cm³/mol. The van der Waals surface area contributed by atoms with Gasteiger partial charge in [0, 0.05) is 45.2 Å². The molecule has 1 aromatic rings. The summed E-state index contributed by atoms with van der Waals surface area (Å²) in [6, 6.07) is 6.20. The number of carbonyl (C=O) groups is 1. The smallest absolute Gasteiger partial charge is 0.231 e. The minimum absolute atomic E-state index is 0.239. The molecular formula is C25H37N3O3. The lowest BCUT2D eigenvalue weighted by Gasteiger charge is -2.39. The lowest BCUT2D eigenvalue weighted by Crippen LogP contribution is -2.51. The van der Waals surface area contributed by atoms with E-state index in [-0.39, 0.29) is 5.92 Å². The molecule has 2 saturated heterocycles. The Labute approximate surface area is 186 Å². The first kappa shape index (κ1) is 21.1. The van der Waals surface area contributed by atoms with E-state index < -0.39 is 0 Å². The van der Waals surface area contributed by atoms with Gasteiger partial charge in [0.15, 0.2) is 11.5 Å². The lowest BCUT2D eigenvalue weighted by molar-refractivity contribution is -0.139. The Morgan fingerprint density at radius 3 is 2.35 bits per heavy atom. The largest absolute Gasteiger partial charge is 0.454 e. The second-order valence-electron chi connectivity index (χ2n) is 9.87. The fourth-order valence-corrected chi connectivity index (χ4v) is 5.78. The summed E-state index contributed by atoms with van der Waals surface area (Å²) >= 11 is 0. The Balaban J connectivity index is 1.04. The molecular weight excluding hydrogens is 390 g/mol. The zero-order chi connectivity index (χ0) is 21.0. The van der Waals surface area contributed by atoms with Crippen LogP contribution in [-0.2, 0) is 11.3 Å². The molecule has 3 fully saturated rings. The normalized spacial score (nSPS) is 23.9. The van der Waals surface area contributed by atoms with Crippen molar-refractivity contribution in [2.45, 2.75) is 51.5 Å². The number of nitrogens with zero attached hydrogens (tertiary/aromatic N) is 3. The highest BCUT2D eigenvalue weighted by Crippen LogP contribution is 2.33. The molecule has 3 heterocycles. The number of carbonyl (C=O) groups excluding carboxylic acids is 1. The van der Waals surface area contributed by atoms with Crippen LogP contribution in [0.15, 0.2) is 18.2 Å². The first-order chi connectivity index (χ1) is 15.2. The van der Waals surface area contributed by atoms with Crippen molar-refractivity contribution in [3.8, 4) is 11.5 Å². The maximum absolute atomic E-state index is 13.1. The van der Waals surface area contributed by atoms with Crippen molar-refractivity contribution in [1.29, 1.82) is 0 Å². The molecule has 3 aliphatic heterocycles. The summed E-state index contributed by atoms with van der Waals surface area (Å²) in [4.78, 5) is 20.3. The molecule has 170 valence electrons. The molecule has 6 heteroatoms. The van der Waals surface area contributed by atoms with Gasteiger partial charge in [-0.1, -0.05) is 25.3 Å². The van der Waals surface area contributed by atoms with Gasteiger partial charge in [-0.15, -0.1) is 0 Å². The molecule has 0 atom stereocenters. The van der Waals surface area contributed by atoms with E-state index in [0.29, 0.717) is 12.7 Å². The SMILES string of the molecule is O=C(C1CCN(CC2CCCCC2)CC1)N1CCN(Cc2ccc3c(c2)OCO3)CC1. The summed E-state index contributed by atoms with van der Waals surface area (Å²) in [5.41, 5.74) is 1.24. The number of hydrogen-bond acceptors (Lipinski definition) is 5. The molecule has 0 spiro atoms. The summed E-state index contributed by atoms with van der Waals surface area (Å²) in [6.07, 6.45) is 9.17. The molecule has 1 amide bonds. The number of fused-ring (bicyclic) bond motifs is 1. The summed E-state index contributed by atoms with van der Waals surface area (Å²) in [5.74, 6) is 3.23. The fraction of sp³-hybridized carbons (Fsp3) is 0.720. The summed E-state index contributed by atoms with van der Waals surface area (Å²) < 4.78 is 10.9. The van der Waals surface area contributed by atoms with Crippen LogP contribution in [0.1, 0.15) is 50.5 Å². The van der Waals surface area contributed by atoms with Crippen LogP contribution in [0.5, 0.6) is 11.5 Å². The highest BCUT2D eigenvalue weighted by molar-refractivity contribution is 5.79. The Morgan fingerprint density at radius 1 is 0.839 bits per heavy atom. The predicted octanol–water partition coefficient (Wildman–Crippen LogP) is 3.35. The van der Waals surface area contributed by atoms with Crippen LogP contribution in [0, 0.1) is 11.8 Å². The van der Waals surface area contributed by atoms with E-state index in [9.17, 15) is 4.79 Å². The van der Waals surface area contributed by atoms with Crippen molar-refractivity contribution in [3.05, 3.63) is 23.8 Å². The molecule has 6 nitrogen and oxygen atoms in total. The Bertz CT molecular complexity index is 748. The van der Waals surface area contributed by atoms with Crippen molar-refractivity contribution >= 4 is 5.91 Å². The Kier molecular flexibility index (Phi) is 6.65. The molecule has 0 radical (unpaired) electrons. The molecule has 0 aromatic heterocycles. The quantitative estimate of drug-likeness (QED) is 0.721. The van der Waals surface area contributed by atoms with E-state index >= 15 is 0 Å². The fourth-order valence-electron chi connectivity index (χ4n) is 5.78. The van der Waals surface area contributed by atoms with Gasteiger partial charge in [-0.2, -0.15) is 0 Å². The van der Waals surface area contributed by atoms with Crippen LogP contribution in [-0.4, -0.2) is 73.2 Å². The number of piperazine rings is 1. The summed E-state index contributed by atoms with van der Waals surface area (Å²) in [7, 11) is 0. The van der Waals surface area contributed by atoms with Crippen LogP contribution in [0.3, 0.4) is 0 Å². The number of amides is 1. The van der Waals surface area contributed by atoms with Crippen molar-refractivity contribution in [2.75, 3.05) is 52.6 Å². The molecule has 5 rings (SSSR count). The third-order valence-corrected chi connectivity index (χ3v) is 7.71. The van der Waals surface area contributed by atoms with E-state index in [2.05, 4.69) is 26.8 Å². The number of likely N-dealkylation sites (tertiary alicyclic amines) is 1. The molecule has 1 aliphatic carbocycles. The highest BCUT2D eigenvalue weighted by atomic mass is 16.7. The van der Waals surface area contributed by atoms with Gasteiger partial charge in [0.1, 0.15) is 0 Å². The number of ether oxygens (including phenoxy) is 2. The van der Waals surface area contributed by atoms with Gasteiger partial charge in [-0.05, 0) is 62.4 Å². The maximum atomic E-state index is 13.1. The lowest BCUT2D eigenvalue weighted by atomic mass is 9.87. The Morgan fingerprint density at radius 2 is 1.58 bits per heavy atom. The van der Waals surface area contributed by atoms with Gasteiger partial charge < -0.3 is 19.3 Å². The van der Waals surface area contributed by atoms with E-state index in [1.807, 2.05) is 6.07 Å². The van der Waals surface area contributed by atoms with Crippen LogP contribution in [0.2, 0.25) is 0 Å². The Hall–Kier alpha value is -1.79. The van der Waals surface area contributed by atoms with Crippen LogP contribution >= 0.6 is 0 Å². The van der Waals surface area contributed by atoms with E-state index in [1.54, 1.807) is 0 Å². The number of rotatable bonds is 5. The van der Waals surface area contributed by atoms with Crippen molar-refractivity contribution < 1.29 is 14.3 Å². The van der Waals surface area contributed by atoms with Gasteiger partial charge in [0.05, 0.1) is 0 Å². The topological polar surface area (TPSA) is 45.3 Å².